The summed E-state index contributed by atoms with van der Waals surface area (Å²) in [5.74, 6) is 0.529. The van der Waals surface area contributed by atoms with Gasteiger partial charge in [-0.05, 0) is 26.0 Å². The first-order valence-electron chi connectivity index (χ1n) is 5.03. The van der Waals surface area contributed by atoms with E-state index in [-0.39, 0.29) is 12.4 Å². The van der Waals surface area contributed by atoms with E-state index in [0.29, 0.717) is 11.3 Å². The lowest BCUT2D eigenvalue weighted by Crippen LogP contribution is -2.31. The van der Waals surface area contributed by atoms with E-state index in [0.717, 1.165) is 12.1 Å². The van der Waals surface area contributed by atoms with Gasteiger partial charge in [0.1, 0.15) is 5.82 Å². The number of hydrogen-bond acceptors (Lipinski definition) is 2. The largest absolute Gasteiger partial charge is 0.416 e. The summed E-state index contributed by atoms with van der Waals surface area (Å²) in [4.78, 5) is 4.06. The van der Waals surface area contributed by atoms with Gasteiger partial charge >= 0.3 is 6.18 Å². The van der Waals surface area contributed by atoms with Gasteiger partial charge in [0.2, 0.25) is 0 Å². The summed E-state index contributed by atoms with van der Waals surface area (Å²) in [6.07, 6.45) is -1.61. The van der Waals surface area contributed by atoms with Crippen molar-refractivity contribution in [1.82, 2.24) is 9.38 Å². The quantitative estimate of drug-likeness (QED) is 0.872. The second kappa shape index (κ2) is 4.44. The van der Waals surface area contributed by atoms with Crippen molar-refractivity contribution in [3.05, 3.63) is 35.9 Å². The summed E-state index contributed by atoms with van der Waals surface area (Å²) < 4.78 is 39.1. The minimum absolute atomic E-state index is 0. The highest BCUT2D eigenvalue weighted by Crippen LogP contribution is 2.30. The molecule has 0 saturated carbocycles. The van der Waals surface area contributed by atoms with Crippen molar-refractivity contribution in [2.24, 2.45) is 5.73 Å². The number of nitrogens with zero attached hydrogens (tertiary/aromatic N) is 2. The van der Waals surface area contributed by atoms with Crippen molar-refractivity contribution < 1.29 is 13.2 Å². The monoisotopic (exact) mass is 279 g/mol. The Balaban J connectivity index is 0.00000162. The molecule has 0 saturated heterocycles. The lowest BCUT2D eigenvalue weighted by molar-refractivity contribution is -0.137. The summed E-state index contributed by atoms with van der Waals surface area (Å²) in [5.41, 5.74) is 4.88. The highest BCUT2D eigenvalue weighted by atomic mass is 35.5. The van der Waals surface area contributed by atoms with Crippen LogP contribution in [-0.4, -0.2) is 9.38 Å². The van der Waals surface area contributed by atoms with Gasteiger partial charge in [-0.25, -0.2) is 4.98 Å². The molecule has 0 bridgehead atoms. The molecule has 2 aromatic rings. The molecular formula is C11H13ClF3N3. The highest BCUT2D eigenvalue weighted by molar-refractivity contribution is 5.85. The molecule has 0 aliphatic heterocycles. The van der Waals surface area contributed by atoms with Crippen molar-refractivity contribution in [3.8, 4) is 0 Å². The van der Waals surface area contributed by atoms with E-state index < -0.39 is 17.3 Å². The first-order chi connectivity index (χ1) is 7.69. The minimum Gasteiger partial charge on any atom is -0.319 e. The molecule has 0 atom stereocenters. The molecule has 2 rings (SSSR count). The zero-order chi connectivity index (χ0) is 12.8. The standard InChI is InChI=1S/C11H12F3N3.ClH/c1-10(2,15)9-16-6-8-5-7(11(12,13)14)3-4-17(8)9;/h3-6H,15H2,1-2H3;1H. The maximum absolute atomic E-state index is 12.5. The number of pyridine rings is 1. The number of aromatic nitrogens is 2. The van der Waals surface area contributed by atoms with Crippen molar-refractivity contribution in [2.45, 2.75) is 25.6 Å². The van der Waals surface area contributed by atoms with Crippen molar-refractivity contribution in [1.29, 1.82) is 0 Å². The van der Waals surface area contributed by atoms with Crippen LogP contribution in [0.5, 0.6) is 0 Å². The van der Waals surface area contributed by atoms with Gasteiger partial charge in [0.25, 0.3) is 0 Å². The van der Waals surface area contributed by atoms with Crippen LogP contribution in [0.3, 0.4) is 0 Å². The Morgan fingerprint density at radius 3 is 2.39 bits per heavy atom. The Morgan fingerprint density at radius 2 is 1.89 bits per heavy atom. The van der Waals surface area contributed by atoms with Gasteiger partial charge in [-0.1, -0.05) is 0 Å². The predicted octanol–water partition coefficient (Wildman–Crippen LogP) is 2.97. The molecular weight excluding hydrogens is 267 g/mol. The molecule has 0 radical (unpaired) electrons. The van der Waals surface area contributed by atoms with E-state index in [9.17, 15) is 13.2 Å². The fourth-order valence-electron chi connectivity index (χ4n) is 1.65. The molecule has 0 aromatic carbocycles. The van der Waals surface area contributed by atoms with Gasteiger partial charge < -0.3 is 10.1 Å². The average Bonchev–Trinajstić information content (AvgIpc) is 2.57. The smallest absolute Gasteiger partial charge is 0.319 e. The van der Waals surface area contributed by atoms with Crippen LogP contribution in [0.4, 0.5) is 13.2 Å². The van der Waals surface area contributed by atoms with Crippen LogP contribution in [-0.2, 0) is 11.7 Å². The predicted molar refractivity (Wildman–Crippen MR) is 64.7 cm³/mol. The molecule has 2 N–H and O–H groups in total. The Hall–Kier alpha value is -1.27. The minimum atomic E-state index is -4.34. The molecule has 0 spiro atoms. The first-order valence-corrected chi connectivity index (χ1v) is 5.03. The van der Waals surface area contributed by atoms with Gasteiger partial charge in [0.05, 0.1) is 22.8 Å². The molecule has 100 valence electrons. The van der Waals surface area contributed by atoms with Gasteiger partial charge in [-0.2, -0.15) is 13.2 Å². The Labute approximate surface area is 108 Å². The third-order valence-electron chi connectivity index (χ3n) is 2.44. The molecule has 2 heterocycles. The second-order valence-corrected chi connectivity index (χ2v) is 4.51. The Bertz CT molecular complexity index is 555. The lowest BCUT2D eigenvalue weighted by atomic mass is 10.1. The molecule has 18 heavy (non-hydrogen) atoms. The summed E-state index contributed by atoms with van der Waals surface area (Å²) in [6.45, 7) is 3.50. The van der Waals surface area contributed by atoms with Gasteiger partial charge in [-0.15, -0.1) is 12.4 Å². The van der Waals surface area contributed by atoms with Gasteiger partial charge in [-0.3, -0.25) is 0 Å². The molecule has 0 aliphatic rings. The van der Waals surface area contributed by atoms with Crippen LogP contribution in [0.15, 0.2) is 24.5 Å². The second-order valence-electron chi connectivity index (χ2n) is 4.51. The van der Waals surface area contributed by atoms with Gasteiger partial charge in [0, 0.05) is 6.20 Å². The zero-order valence-electron chi connectivity index (χ0n) is 9.82. The van der Waals surface area contributed by atoms with Crippen LogP contribution in [0.1, 0.15) is 25.2 Å². The number of rotatable bonds is 1. The first kappa shape index (κ1) is 14.8. The molecule has 7 heteroatoms. The Kier molecular flexibility index (Phi) is 3.65. The van der Waals surface area contributed by atoms with E-state index >= 15 is 0 Å². The molecule has 3 nitrogen and oxygen atoms in total. The summed E-state index contributed by atoms with van der Waals surface area (Å²) in [5, 5.41) is 0. The number of hydrogen-bond donors (Lipinski definition) is 1. The molecule has 0 aliphatic carbocycles. The SMILES string of the molecule is CC(C)(N)c1ncc2cc(C(F)(F)F)ccn12.Cl. The fourth-order valence-corrected chi connectivity index (χ4v) is 1.65. The van der Waals surface area contributed by atoms with Crippen LogP contribution in [0.2, 0.25) is 0 Å². The summed E-state index contributed by atoms with van der Waals surface area (Å²) in [6, 6.07) is 2.08. The fraction of sp³-hybridized carbons (Fsp3) is 0.364. The molecule has 2 aromatic heterocycles. The molecule has 0 amide bonds. The molecule has 0 fully saturated rings. The average molecular weight is 280 g/mol. The zero-order valence-corrected chi connectivity index (χ0v) is 10.6. The number of halogens is 4. The number of nitrogens with two attached hydrogens (primary N) is 1. The lowest BCUT2D eigenvalue weighted by Gasteiger charge is -2.17. The Morgan fingerprint density at radius 1 is 1.28 bits per heavy atom. The number of imidazole rings is 1. The van der Waals surface area contributed by atoms with Crippen LogP contribution in [0.25, 0.3) is 5.52 Å². The van der Waals surface area contributed by atoms with Crippen LogP contribution < -0.4 is 5.73 Å². The third kappa shape index (κ3) is 2.59. The third-order valence-corrected chi connectivity index (χ3v) is 2.44. The van der Waals surface area contributed by atoms with Crippen LogP contribution in [0, 0.1) is 0 Å². The number of fused-ring (bicyclic) bond motifs is 1. The van der Waals surface area contributed by atoms with Crippen molar-refractivity contribution in [2.75, 3.05) is 0 Å². The van der Waals surface area contributed by atoms with Crippen LogP contribution >= 0.6 is 12.4 Å². The van der Waals surface area contributed by atoms with E-state index in [4.69, 9.17) is 5.73 Å². The summed E-state index contributed by atoms with van der Waals surface area (Å²) >= 11 is 0. The van der Waals surface area contributed by atoms with E-state index in [1.807, 2.05) is 0 Å². The van der Waals surface area contributed by atoms with E-state index in [2.05, 4.69) is 4.98 Å². The van der Waals surface area contributed by atoms with E-state index in [1.54, 1.807) is 18.2 Å². The summed E-state index contributed by atoms with van der Waals surface area (Å²) in [7, 11) is 0. The van der Waals surface area contributed by atoms with E-state index in [1.165, 1.54) is 12.4 Å². The van der Waals surface area contributed by atoms with Crippen molar-refractivity contribution in [3.63, 3.8) is 0 Å². The normalized spacial score (nSPS) is 12.6. The highest BCUT2D eigenvalue weighted by Gasteiger charge is 2.31. The number of alkyl halides is 3. The maximum atomic E-state index is 12.5. The molecule has 0 unspecified atom stereocenters. The topological polar surface area (TPSA) is 43.3 Å². The maximum Gasteiger partial charge on any atom is 0.416 e. The van der Waals surface area contributed by atoms with Gasteiger partial charge in [0.15, 0.2) is 0 Å². The van der Waals surface area contributed by atoms with Crippen molar-refractivity contribution >= 4 is 17.9 Å².